The first-order chi connectivity index (χ1) is 14.0. The summed E-state index contributed by atoms with van der Waals surface area (Å²) >= 11 is 0.939. The number of carbonyl (C=O) groups is 1. The van der Waals surface area contributed by atoms with Gasteiger partial charge in [0.1, 0.15) is 10.9 Å². The molecule has 7 nitrogen and oxygen atoms in total. The zero-order chi connectivity index (χ0) is 21.1. The van der Waals surface area contributed by atoms with E-state index in [4.69, 9.17) is 5.11 Å². The number of aliphatic carboxylic acids is 1. The SMILES string of the molecule is C1CCC(NC2CCCCC2)CC1.CC(NSc1ccccc1[N+](=O)[O-])C(=O)O. The number of hydrogen-bond donors (Lipinski definition) is 3. The summed E-state index contributed by atoms with van der Waals surface area (Å²) in [5.74, 6) is -1.01. The number of nitro groups is 1. The quantitative estimate of drug-likeness (QED) is 0.325. The van der Waals surface area contributed by atoms with Crippen LogP contribution in [0.3, 0.4) is 0 Å². The molecule has 0 bridgehead atoms. The Kier molecular flexibility index (Phi) is 10.5. The minimum Gasteiger partial charge on any atom is -0.480 e. The van der Waals surface area contributed by atoms with Gasteiger partial charge >= 0.3 is 5.97 Å². The summed E-state index contributed by atoms with van der Waals surface area (Å²) in [4.78, 5) is 21.1. The van der Waals surface area contributed by atoms with Crippen LogP contribution in [0.15, 0.2) is 29.2 Å². The maximum absolute atomic E-state index is 10.6. The fourth-order valence-corrected chi connectivity index (χ4v) is 4.57. The molecular formula is C21H33N3O4S. The van der Waals surface area contributed by atoms with Crippen molar-refractivity contribution in [1.82, 2.24) is 10.0 Å². The van der Waals surface area contributed by atoms with Crippen molar-refractivity contribution in [3.63, 3.8) is 0 Å². The molecule has 162 valence electrons. The molecule has 1 aromatic carbocycles. The van der Waals surface area contributed by atoms with Gasteiger partial charge in [-0.2, -0.15) is 0 Å². The summed E-state index contributed by atoms with van der Waals surface area (Å²) in [6.45, 7) is 1.46. The van der Waals surface area contributed by atoms with Gasteiger partial charge in [-0.15, -0.1) is 0 Å². The lowest BCUT2D eigenvalue weighted by Crippen LogP contribution is -2.40. The molecule has 0 heterocycles. The number of carboxylic acids is 1. The Balaban J connectivity index is 0.000000211. The van der Waals surface area contributed by atoms with E-state index in [9.17, 15) is 14.9 Å². The van der Waals surface area contributed by atoms with Crippen molar-refractivity contribution in [3.05, 3.63) is 34.4 Å². The fourth-order valence-electron chi connectivity index (χ4n) is 3.77. The highest BCUT2D eigenvalue weighted by Gasteiger charge is 2.19. The van der Waals surface area contributed by atoms with Crippen LogP contribution in [-0.2, 0) is 4.79 Å². The van der Waals surface area contributed by atoms with Crippen molar-refractivity contribution in [2.75, 3.05) is 0 Å². The van der Waals surface area contributed by atoms with Crippen molar-refractivity contribution in [3.8, 4) is 0 Å². The molecule has 2 aliphatic carbocycles. The maximum atomic E-state index is 10.6. The van der Waals surface area contributed by atoms with Crippen molar-refractivity contribution < 1.29 is 14.8 Å². The van der Waals surface area contributed by atoms with E-state index >= 15 is 0 Å². The molecule has 0 spiro atoms. The van der Waals surface area contributed by atoms with Gasteiger partial charge in [0.25, 0.3) is 5.69 Å². The molecule has 3 rings (SSSR count). The van der Waals surface area contributed by atoms with Gasteiger partial charge in [-0.05, 0) is 50.6 Å². The second-order valence-electron chi connectivity index (χ2n) is 7.84. The van der Waals surface area contributed by atoms with E-state index in [1.165, 1.54) is 77.2 Å². The molecule has 0 aliphatic heterocycles. The summed E-state index contributed by atoms with van der Waals surface area (Å²) in [6, 6.07) is 7.11. The van der Waals surface area contributed by atoms with Crippen LogP contribution in [0.2, 0.25) is 0 Å². The fraction of sp³-hybridized carbons (Fsp3) is 0.667. The molecule has 2 saturated carbocycles. The first kappa shape index (κ1) is 23.6. The Morgan fingerprint density at radius 3 is 2.07 bits per heavy atom. The van der Waals surface area contributed by atoms with Crippen molar-refractivity contribution >= 4 is 23.6 Å². The number of rotatable bonds is 7. The Bertz CT molecular complexity index is 631. The molecule has 1 unspecified atom stereocenters. The first-order valence-corrected chi connectivity index (χ1v) is 11.4. The molecule has 0 radical (unpaired) electrons. The van der Waals surface area contributed by atoms with Gasteiger partial charge in [-0.25, -0.2) is 4.72 Å². The Morgan fingerprint density at radius 1 is 1.07 bits per heavy atom. The largest absolute Gasteiger partial charge is 0.480 e. The topological polar surface area (TPSA) is 105 Å². The Morgan fingerprint density at radius 2 is 1.59 bits per heavy atom. The zero-order valence-electron chi connectivity index (χ0n) is 17.1. The predicted octanol–water partition coefficient (Wildman–Crippen LogP) is 4.91. The van der Waals surface area contributed by atoms with Crippen LogP contribution in [0, 0.1) is 10.1 Å². The van der Waals surface area contributed by atoms with Crippen LogP contribution in [0.1, 0.15) is 71.1 Å². The third-order valence-electron chi connectivity index (χ3n) is 5.46. The van der Waals surface area contributed by atoms with E-state index in [-0.39, 0.29) is 5.69 Å². The van der Waals surface area contributed by atoms with Crippen LogP contribution in [0.4, 0.5) is 5.69 Å². The lowest BCUT2D eigenvalue weighted by atomic mass is 9.91. The number of hydrogen-bond acceptors (Lipinski definition) is 6. The second kappa shape index (κ2) is 12.8. The van der Waals surface area contributed by atoms with Crippen LogP contribution in [0.5, 0.6) is 0 Å². The van der Waals surface area contributed by atoms with Crippen molar-refractivity contribution in [2.45, 2.75) is 94.2 Å². The third-order valence-corrected chi connectivity index (χ3v) is 6.50. The molecule has 2 fully saturated rings. The molecule has 3 N–H and O–H groups in total. The van der Waals surface area contributed by atoms with Gasteiger partial charge in [0, 0.05) is 18.2 Å². The lowest BCUT2D eigenvalue weighted by molar-refractivity contribution is -0.387. The average Bonchev–Trinajstić information content (AvgIpc) is 2.74. The second-order valence-corrected chi connectivity index (χ2v) is 8.72. The Labute approximate surface area is 177 Å². The number of carboxylic acid groups (broad SMARTS) is 1. The average molecular weight is 424 g/mol. The summed E-state index contributed by atoms with van der Waals surface area (Å²) < 4.78 is 2.61. The number of benzene rings is 1. The highest BCUT2D eigenvalue weighted by Crippen LogP contribution is 2.26. The molecule has 0 saturated heterocycles. The lowest BCUT2D eigenvalue weighted by Gasteiger charge is -2.30. The highest BCUT2D eigenvalue weighted by molar-refractivity contribution is 7.97. The van der Waals surface area contributed by atoms with E-state index in [2.05, 4.69) is 10.0 Å². The van der Waals surface area contributed by atoms with E-state index in [1.54, 1.807) is 18.2 Å². The van der Waals surface area contributed by atoms with E-state index < -0.39 is 16.9 Å². The molecule has 2 aliphatic rings. The monoisotopic (exact) mass is 423 g/mol. The molecule has 0 aromatic heterocycles. The van der Waals surface area contributed by atoms with Crippen LogP contribution >= 0.6 is 11.9 Å². The first-order valence-electron chi connectivity index (χ1n) is 10.6. The van der Waals surface area contributed by atoms with Crippen LogP contribution in [-0.4, -0.2) is 34.1 Å². The molecule has 1 atom stereocenters. The minimum absolute atomic E-state index is 0.0439. The molecule has 1 aromatic rings. The molecule has 29 heavy (non-hydrogen) atoms. The van der Waals surface area contributed by atoms with Gasteiger partial charge in [0.15, 0.2) is 0 Å². The van der Waals surface area contributed by atoms with Crippen molar-refractivity contribution in [2.24, 2.45) is 0 Å². The van der Waals surface area contributed by atoms with Gasteiger partial charge in [0.05, 0.1) is 4.92 Å². The molecule has 0 amide bonds. The number of nitro benzene ring substituents is 1. The van der Waals surface area contributed by atoms with E-state index in [0.29, 0.717) is 4.90 Å². The predicted molar refractivity (Wildman–Crippen MR) is 116 cm³/mol. The van der Waals surface area contributed by atoms with Gasteiger partial charge in [-0.3, -0.25) is 14.9 Å². The van der Waals surface area contributed by atoms with Gasteiger partial charge in [-0.1, -0.05) is 50.7 Å². The third kappa shape index (κ3) is 8.72. The minimum atomic E-state index is -1.01. The molecular weight excluding hydrogens is 390 g/mol. The highest BCUT2D eigenvalue weighted by atomic mass is 32.2. The molecule has 8 heteroatoms. The van der Waals surface area contributed by atoms with Gasteiger partial charge in [0.2, 0.25) is 0 Å². The van der Waals surface area contributed by atoms with E-state index in [0.717, 1.165) is 24.0 Å². The van der Waals surface area contributed by atoms with Gasteiger partial charge < -0.3 is 10.4 Å². The number of nitrogens with one attached hydrogen (secondary N) is 2. The standard InChI is InChI=1S/C12H23N.C9H10N2O4S/c1-3-7-11(8-4-1)13-12-9-5-2-6-10-12;1-6(9(12)13)10-16-8-5-3-2-4-7(8)11(14)15/h11-13H,1-10H2;2-6,10H,1H3,(H,12,13). The number of para-hydroxylation sites is 1. The smallest absolute Gasteiger partial charge is 0.321 e. The maximum Gasteiger partial charge on any atom is 0.321 e. The number of nitrogens with zero attached hydrogens (tertiary/aromatic N) is 1. The summed E-state index contributed by atoms with van der Waals surface area (Å²) in [7, 11) is 0. The van der Waals surface area contributed by atoms with Crippen LogP contribution < -0.4 is 10.0 Å². The van der Waals surface area contributed by atoms with Crippen LogP contribution in [0.25, 0.3) is 0 Å². The zero-order valence-corrected chi connectivity index (χ0v) is 18.0. The summed E-state index contributed by atoms with van der Waals surface area (Å²) in [5.41, 5.74) is -0.0439. The normalized spacial score (nSPS) is 19.1. The van der Waals surface area contributed by atoms with Crippen molar-refractivity contribution in [1.29, 1.82) is 0 Å². The summed E-state index contributed by atoms with van der Waals surface area (Å²) in [5, 5.41) is 23.1. The Hall–Kier alpha value is -1.64. The van der Waals surface area contributed by atoms with E-state index in [1.807, 2.05) is 0 Å². The summed E-state index contributed by atoms with van der Waals surface area (Å²) in [6.07, 6.45) is 14.6.